The lowest BCUT2D eigenvalue weighted by molar-refractivity contribution is -0.139. The largest absolute Gasteiger partial charge is 0.423 e. The van der Waals surface area contributed by atoms with Crippen LogP contribution in [0.1, 0.15) is 13.3 Å². The molecule has 0 aliphatic heterocycles. The normalized spacial score (nSPS) is 11.9. The van der Waals surface area contributed by atoms with E-state index >= 15 is 0 Å². The van der Waals surface area contributed by atoms with E-state index in [4.69, 9.17) is 4.74 Å². The third-order valence-electron chi connectivity index (χ3n) is 1.96. The first-order chi connectivity index (χ1) is 7.54. The fourth-order valence-corrected chi connectivity index (χ4v) is 1.34. The molecule has 0 heterocycles. The number of rotatable bonds is 4. The van der Waals surface area contributed by atoms with Crippen molar-refractivity contribution >= 4 is 28.2 Å². The highest BCUT2D eigenvalue weighted by molar-refractivity contribution is 9.10. The van der Waals surface area contributed by atoms with Gasteiger partial charge in [-0.1, -0.05) is 22.9 Å². The van der Waals surface area contributed by atoms with E-state index in [-0.39, 0.29) is 12.2 Å². The summed E-state index contributed by atoms with van der Waals surface area (Å²) in [5.41, 5.74) is 0. The molecule has 1 atom stereocenters. The topological polar surface area (TPSA) is 43.4 Å². The van der Waals surface area contributed by atoms with Gasteiger partial charge in [0.15, 0.2) is 11.6 Å². The number of hydrogen-bond donors (Lipinski definition) is 0. The quantitative estimate of drug-likeness (QED) is 0.486. The average molecular weight is 289 g/mol. The van der Waals surface area contributed by atoms with Gasteiger partial charge in [0, 0.05) is 10.9 Å². The van der Waals surface area contributed by atoms with E-state index in [0.29, 0.717) is 10.8 Å². The first-order valence-electron chi connectivity index (χ1n) is 4.65. The number of halogens is 2. The molecule has 0 aromatic heterocycles. The maximum Gasteiger partial charge on any atom is 0.314 e. The zero-order chi connectivity index (χ0) is 12.1. The van der Waals surface area contributed by atoms with Gasteiger partial charge in [-0.3, -0.25) is 4.79 Å². The smallest absolute Gasteiger partial charge is 0.314 e. The third kappa shape index (κ3) is 3.41. The van der Waals surface area contributed by atoms with Gasteiger partial charge >= 0.3 is 5.97 Å². The van der Waals surface area contributed by atoms with Crippen molar-refractivity contribution in [1.82, 2.24) is 0 Å². The monoisotopic (exact) mass is 288 g/mol. The Morgan fingerprint density at radius 3 is 2.88 bits per heavy atom. The van der Waals surface area contributed by atoms with E-state index in [1.807, 2.05) is 0 Å². The number of ether oxygens (including phenoxy) is 1. The molecule has 0 amide bonds. The summed E-state index contributed by atoms with van der Waals surface area (Å²) in [6, 6.07) is 4.12. The zero-order valence-corrected chi connectivity index (χ0v) is 10.2. The maximum absolute atomic E-state index is 13.3. The van der Waals surface area contributed by atoms with Crippen molar-refractivity contribution in [3.8, 4) is 5.75 Å². The van der Waals surface area contributed by atoms with Crippen LogP contribution in [0.5, 0.6) is 5.75 Å². The summed E-state index contributed by atoms with van der Waals surface area (Å²) in [5, 5.41) is 0. The molecular weight excluding hydrogens is 279 g/mol. The van der Waals surface area contributed by atoms with Crippen LogP contribution < -0.4 is 4.74 Å². The number of carbonyl (C=O) groups excluding carboxylic acids is 2. The van der Waals surface area contributed by atoms with Crippen molar-refractivity contribution in [2.45, 2.75) is 13.3 Å². The van der Waals surface area contributed by atoms with Crippen molar-refractivity contribution < 1.29 is 18.7 Å². The predicted octanol–water partition coefficient (Wildman–Crippen LogP) is 2.72. The van der Waals surface area contributed by atoms with E-state index < -0.39 is 17.7 Å². The summed E-state index contributed by atoms with van der Waals surface area (Å²) < 4.78 is 18.7. The Bertz CT molecular complexity index is 406. The predicted molar refractivity (Wildman–Crippen MR) is 59.6 cm³/mol. The van der Waals surface area contributed by atoms with Gasteiger partial charge in [0.05, 0.1) is 5.92 Å². The van der Waals surface area contributed by atoms with Gasteiger partial charge in [0.2, 0.25) is 0 Å². The standard InChI is InChI=1S/C11H10BrFO3/c1-7(4-5-14)11(15)16-10-3-2-8(12)6-9(10)13/h2-3,5-7H,4H2,1H3. The lowest BCUT2D eigenvalue weighted by Gasteiger charge is -2.09. The zero-order valence-electron chi connectivity index (χ0n) is 8.57. The summed E-state index contributed by atoms with van der Waals surface area (Å²) in [5.74, 6) is -1.94. The van der Waals surface area contributed by atoms with Crippen LogP contribution in [0.4, 0.5) is 4.39 Å². The summed E-state index contributed by atoms with van der Waals surface area (Å²) in [6.45, 7) is 1.55. The van der Waals surface area contributed by atoms with E-state index in [1.165, 1.54) is 12.1 Å². The lowest BCUT2D eigenvalue weighted by Crippen LogP contribution is -2.18. The van der Waals surface area contributed by atoms with Crippen LogP contribution in [-0.2, 0) is 9.59 Å². The molecule has 1 aromatic rings. The molecule has 0 saturated heterocycles. The molecule has 0 aliphatic rings. The molecule has 1 aromatic carbocycles. The molecule has 1 rings (SSSR count). The average Bonchev–Trinajstić information content (AvgIpc) is 2.22. The first kappa shape index (κ1) is 12.8. The van der Waals surface area contributed by atoms with Crippen LogP contribution >= 0.6 is 15.9 Å². The summed E-state index contributed by atoms with van der Waals surface area (Å²) in [4.78, 5) is 21.6. The van der Waals surface area contributed by atoms with Crippen molar-refractivity contribution in [2.75, 3.05) is 0 Å². The van der Waals surface area contributed by atoms with Crippen LogP contribution in [0.2, 0.25) is 0 Å². The van der Waals surface area contributed by atoms with E-state index in [2.05, 4.69) is 15.9 Å². The summed E-state index contributed by atoms with van der Waals surface area (Å²) >= 11 is 3.09. The Labute approximate surface area is 101 Å². The van der Waals surface area contributed by atoms with Crippen LogP contribution in [0.25, 0.3) is 0 Å². The molecule has 86 valence electrons. The SMILES string of the molecule is CC(CC=O)C(=O)Oc1ccc(Br)cc1F. The highest BCUT2D eigenvalue weighted by atomic mass is 79.9. The first-order valence-corrected chi connectivity index (χ1v) is 5.44. The van der Waals surface area contributed by atoms with E-state index in [1.54, 1.807) is 13.0 Å². The second-order valence-corrected chi connectivity index (χ2v) is 4.21. The fraction of sp³-hybridized carbons (Fsp3) is 0.273. The molecule has 0 aliphatic carbocycles. The second-order valence-electron chi connectivity index (χ2n) is 3.30. The molecule has 3 nitrogen and oxygen atoms in total. The van der Waals surface area contributed by atoms with Gasteiger partial charge in [-0.2, -0.15) is 0 Å². The van der Waals surface area contributed by atoms with Gasteiger partial charge in [-0.15, -0.1) is 0 Å². The molecule has 0 bridgehead atoms. The molecule has 1 unspecified atom stereocenters. The van der Waals surface area contributed by atoms with Gasteiger partial charge in [0.1, 0.15) is 6.29 Å². The number of esters is 1. The summed E-state index contributed by atoms with van der Waals surface area (Å²) in [7, 11) is 0. The number of hydrogen-bond acceptors (Lipinski definition) is 3. The minimum atomic E-state index is -0.624. The minimum Gasteiger partial charge on any atom is -0.423 e. The van der Waals surface area contributed by atoms with Crippen molar-refractivity contribution in [3.63, 3.8) is 0 Å². The Balaban J connectivity index is 2.73. The molecule has 0 radical (unpaired) electrons. The van der Waals surface area contributed by atoms with Gasteiger partial charge < -0.3 is 9.53 Å². The van der Waals surface area contributed by atoms with Crippen molar-refractivity contribution in [1.29, 1.82) is 0 Å². The summed E-state index contributed by atoms with van der Waals surface area (Å²) in [6.07, 6.45) is 0.695. The van der Waals surface area contributed by atoms with E-state index in [0.717, 1.165) is 0 Å². The van der Waals surface area contributed by atoms with Gasteiger partial charge in [-0.05, 0) is 18.2 Å². The van der Waals surface area contributed by atoms with Crippen molar-refractivity contribution in [2.24, 2.45) is 5.92 Å². The Kier molecular flexibility index (Phi) is 4.61. The van der Waals surface area contributed by atoms with Crippen LogP contribution in [0.15, 0.2) is 22.7 Å². The molecule has 0 N–H and O–H groups in total. The molecule has 16 heavy (non-hydrogen) atoms. The highest BCUT2D eigenvalue weighted by Gasteiger charge is 2.16. The van der Waals surface area contributed by atoms with Crippen molar-refractivity contribution in [3.05, 3.63) is 28.5 Å². The van der Waals surface area contributed by atoms with Crippen LogP contribution in [-0.4, -0.2) is 12.3 Å². The molecule has 5 heteroatoms. The molecule has 0 spiro atoms. The van der Waals surface area contributed by atoms with Gasteiger partial charge in [0.25, 0.3) is 0 Å². The second kappa shape index (κ2) is 5.75. The molecular formula is C11H10BrFO3. The van der Waals surface area contributed by atoms with Crippen LogP contribution in [0.3, 0.4) is 0 Å². The number of benzene rings is 1. The Morgan fingerprint density at radius 1 is 1.62 bits per heavy atom. The molecule has 0 fully saturated rings. The highest BCUT2D eigenvalue weighted by Crippen LogP contribution is 2.22. The number of aldehydes is 1. The van der Waals surface area contributed by atoms with E-state index in [9.17, 15) is 14.0 Å². The fourth-order valence-electron chi connectivity index (χ4n) is 1.01. The van der Waals surface area contributed by atoms with Gasteiger partial charge in [-0.25, -0.2) is 4.39 Å². The Hall–Kier alpha value is -1.23. The minimum absolute atomic E-state index is 0.0664. The number of carbonyl (C=O) groups is 2. The third-order valence-corrected chi connectivity index (χ3v) is 2.45. The Morgan fingerprint density at radius 2 is 2.31 bits per heavy atom. The molecule has 0 saturated carbocycles. The van der Waals surface area contributed by atoms with Crippen LogP contribution in [0, 0.1) is 11.7 Å². The lowest BCUT2D eigenvalue weighted by atomic mass is 10.1. The maximum atomic E-state index is 13.3.